The van der Waals surface area contributed by atoms with Gasteiger partial charge >= 0.3 is 0 Å². The molecule has 4 rings (SSSR count). The Hall–Kier alpha value is -2.83. The molecule has 0 fully saturated rings. The van der Waals surface area contributed by atoms with Gasteiger partial charge < -0.3 is 15.5 Å². The van der Waals surface area contributed by atoms with Crippen molar-refractivity contribution < 1.29 is 4.79 Å². The fourth-order valence-electron chi connectivity index (χ4n) is 4.14. The van der Waals surface area contributed by atoms with Crippen molar-refractivity contribution in [3.63, 3.8) is 0 Å². The molecule has 2 heterocycles. The third kappa shape index (κ3) is 4.13. The average molecular weight is 395 g/mol. The van der Waals surface area contributed by atoms with Crippen molar-refractivity contribution in [2.24, 2.45) is 4.99 Å². The summed E-state index contributed by atoms with van der Waals surface area (Å²) in [6.07, 6.45) is 5.70. The molecule has 1 aromatic heterocycles. The molecular weight excluding hydrogens is 364 g/mol. The molecular formula is C22H30N6O. The first-order valence-electron chi connectivity index (χ1n) is 10.5. The fraction of sp³-hybridized carbons (Fsp3) is 0.500. The zero-order chi connectivity index (χ0) is 20.4. The second-order valence-electron chi connectivity index (χ2n) is 8.11. The van der Waals surface area contributed by atoms with Crippen LogP contribution in [0.15, 0.2) is 35.5 Å². The third-order valence-electron chi connectivity index (χ3n) is 5.74. The highest BCUT2D eigenvalue weighted by molar-refractivity contribution is 6.01. The van der Waals surface area contributed by atoms with Crippen LogP contribution in [0, 0.1) is 0 Å². The van der Waals surface area contributed by atoms with E-state index in [0.717, 1.165) is 36.5 Å². The molecule has 29 heavy (non-hydrogen) atoms. The van der Waals surface area contributed by atoms with Crippen molar-refractivity contribution in [2.45, 2.75) is 51.6 Å². The highest BCUT2D eigenvalue weighted by atomic mass is 16.2. The molecule has 154 valence electrons. The number of fused-ring (bicyclic) bond motifs is 2. The van der Waals surface area contributed by atoms with Gasteiger partial charge in [-0.15, -0.1) is 0 Å². The predicted molar refractivity (Wildman–Crippen MR) is 115 cm³/mol. The van der Waals surface area contributed by atoms with Crippen LogP contribution >= 0.6 is 0 Å². The van der Waals surface area contributed by atoms with Gasteiger partial charge in [-0.25, -0.2) is 0 Å². The van der Waals surface area contributed by atoms with Crippen molar-refractivity contribution in [1.29, 1.82) is 0 Å². The number of aryl methyl sites for hydroxylation is 1. The number of nitrogens with one attached hydrogen (secondary N) is 2. The number of nitrogens with zero attached hydrogens (tertiary/aromatic N) is 4. The molecule has 0 bridgehead atoms. The van der Waals surface area contributed by atoms with Gasteiger partial charge in [-0.05, 0) is 43.9 Å². The van der Waals surface area contributed by atoms with Crippen molar-refractivity contribution in [1.82, 2.24) is 20.4 Å². The standard InChI is InChI=1S/C22H30N6O/c1-15(2)28-14-17-8-9-18(13-19(17)26-28)25-22(23-3)24-10-11-27-20-7-5-4-6-16(20)12-21(27)29/h4-7,14-15,18H,8-13H2,1-3H3,(H2,23,24,25). The average Bonchev–Trinajstić information content (AvgIpc) is 3.28. The number of carbonyl (C=O) groups is 1. The number of rotatable bonds is 5. The molecule has 0 saturated heterocycles. The van der Waals surface area contributed by atoms with Crippen LogP contribution in [0.2, 0.25) is 0 Å². The zero-order valence-corrected chi connectivity index (χ0v) is 17.5. The molecule has 1 amide bonds. The summed E-state index contributed by atoms with van der Waals surface area (Å²) in [6, 6.07) is 8.72. The lowest BCUT2D eigenvalue weighted by atomic mass is 9.94. The van der Waals surface area contributed by atoms with Crippen LogP contribution in [0.1, 0.15) is 43.1 Å². The highest BCUT2D eigenvalue weighted by Crippen LogP contribution is 2.27. The second-order valence-corrected chi connectivity index (χ2v) is 8.11. The van der Waals surface area contributed by atoms with Gasteiger partial charge in [0.1, 0.15) is 0 Å². The molecule has 1 aliphatic carbocycles. The Labute approximate surface area is 172 Å². The quantitative estimate of drug-likeness (QED) is 0.601. The number of para-hydroxylation sites is 1. The van der Waals surface area contributed by atoms with Crippen LogP contribution < -0.4 is 15.5 Å². The number of hydrogen-bond acceptors (Lipinski definition) is 3. The predicted octanol–water partition coefficient (Wildman–Crippen LogP) is 2.08. The van der Waals surface area contributed by atoms with Crippen LogP contribution in [-0.4, -0.2) is 47.8 Å². The van der Waals surface area contributed by atoms with Gasteiger partial charge in [0.05, 0.1) is 12.1 Å². The maximum atomic E-state index is 12.3. The SMILES string of the molecule is CN=C(NCCN1C(=O)Cc2ccccc21)NC1CCc2cn(C(C)C)nc2C1. The summed E-state index contributed by atoms with van der Waals surface area (Å²) in [5.74, 6) is 0.943. The molecule has 0 saturated carbocycles. The third-order valence-corrected chi connectivity index (χ3v) is 5.74. The Balaban J connectivity index is 1.30. The number of hydrogen-bond donors (Lipinski definition) is 2. The van der Waals surface area contributed by atoms with Crippen LogP contribution in [0.5, 0.6) is 0 Å². The molecule has 7 nitrogen and oxygen atoms in total. The van der Waals surface area contributed by atoms with Gasteiger partial charge in [0.25, 0.3) is 0 Å². The summed E-state index contributed by atoms with van der Waals surface area (Å²) in [5.41, 5.74) is 4.70. The zero-order valence-electron chi connectivity index (χ0n) is 17.5. The molecule has 2 N–H and O–H groups in total. The van der Waals surface area contributed by atoms with E-state index < -0.39 is 0 Å². The summed E-state index contributed by atoms with van der Waals surface area (Å²) in [6.45, 7) is 5.59. The van der Waals surface area contributed by atoms with Crippen molar-refractivity contribution >= 4 is 17.6 Å². The first kappa shape index (κ1) is 19.5. The van der Waals surface area contributed by atoms with E-state index in [1.54, 1.807) is 7.05 Å². The minimum atomic E-state index is 0.163. The summed E-state index contributed by atoms with van der Waals surface area (Å²) in [7, 11) is 1.79. The molecule has 2 aromatic rings. The van der Waals surface area contributed by atoms with Gasteiger partial charge in [0.15, 0.2) is 5.96 Å². The number of aromatic nitrogens is 2. The van der Waals surface area contributed by atoms with E-state index in [4.69, 9.17) is 5.10 Å². The minimum Gasteiger partial charge on any atom is -0.355 e. The molecule has 7 heteroatoms. The topological polar surface area (TPSA) is 74.6 Å². The van der Waals surface area contributed by atoms with Crippen molar-refractivity contribution in [3.05, 3.63) is 47.3 Å². The van der Waals surface area contributed by atoms with Gasteiger partial charge in [-0.3, -0.25) is 14.5 Å². The van der Waals surface area contributed by atoms with Crippen molar-refractivity contribution in [2.75, 3.05) is 25.0 Å². The van der Waals surface area contributed by atoms with E-state index in [2.05, 4.69) is 40.4 Å². The van der Waals surface area contributed by atoms with E-state index >= 15 is 0 Å². The Morgan fingerprint density at radius 2 is 2.14 bits per heavy atom. The summed E-state index contributed by atoms with van der Waals surface area (Å²) in [5, 5.41) is 11.6. The van der Waals surface area contributed by atoms with Crippen LogP contribution in [0.3, 0.4) is 0 Å². The van der Waals surface area contributed by atoms with E-state index in [0.29, 0.717) is 31.6 Å². The van der Waals surface area contributed by atoms with E-state index in [-0.39, 0.29) is 5.91 Å². The number of guanidine groups is 1. The normalized spacial score (nSPS) is 18.8. The molecule has 1 aliphatic heterocycles. The Bertz CT molecular complexity index is 916. The van der Waals surface area contributed by atoms with E-state index in [1.165, 1.54) is 11.3 Å². The largest absolute Gasteiger partial charge is 0.355 e. The molecule has 1 aromatic carbocycles. The monoisotopic (exact) mass is 394 g/mol. The van der Waals surface area contributed by atoms with E-state index in [9.17, 15) is 4.79 Å². The molecule has 0 spiro atoms. The minimum absolute atomic E-state index is 0.163. The summed E-state index contributed by atoms with van der Waals surface area (Å²) >= 11 is 0. The fourth-order valence-corrected chi connectivity index (χ4v) is 4.14. The van der Waals surface area contributed by atoms with Gasteiger partial charge in [0, 0.05) is 50.5 Å². The van der Waals surface area contributed by atoms with Crippen LogP contribution in [0.4, 0.5) is 5.69 Å². The lowest BCUT2D eigenvalue weighted by molar-refractivity contribution is -0.117. The lowest BCUT2D eigenvalue weighted by Gasteiger charge is -2.25. The first-order valence-corrected chi connectivity index (χ1v) is 10.5. The maximum absolute atomic E-state index is 12.3. The van der Waals surface area contributed by atoms with Crippen molar-refractivity contribution in [3.8, 4) is 0 Å². The second kappa shape index (κ2) is 8.27. The number of carbonyl (C=O) groups excluding carboxylic acids is 1. The maximum Gasteiger partial charge on any atom is 0.231 e. The Morgan fingerprint density at radius 1 is 1.31 bits per heavy atom. The van der Waals surface area contributed by atoms with E-state index in [1.807, 2.05) is 29.2 Å². The number of amides is 1. The van der Waals surface area contributed by atoms with Gasteiger partial charge in [-0.2, -0.15) is 5.10 Å². The molecule has 1 atom stereocenters. The Kier molecular flexibility index (Phi) is 5.56. The molecule has 0 radical (unpaired) electrons. The Morgan fingerprint density at radius 3 is 2.93 bits per heavy atom. The first-order chi connectivity index (χ1) is 14.0. The number of benzene rings is 1. The van der Waals surface area contributed by atoms with Crippen LogP contribution in [-0.2, 0) is 24.1 Å². The van der Waals surface area contributed by atoms with Crippen LogP contribution in [0.25, 0.3) is 0 Å². The number of anilines is 1. The highest BCUT2D eigenvalue weighted by Gasteiger charge is 2.26. The van der Waals surface area contributed by atoms with Gasteiger partial charge in [-0.1, -0.05) is 18.2 Å². The molecule has 2 aliphatic rings. The number of aliphatic imine (C=N–C) groups is 1. The van der Waals surface area contributed by atoms with Gasteiger partial charge in [0.2, 0.25) is 5.91 Å². The lowest BCUT2D eigenvalue weighted by Crippen LogP contribution is -2.47. The summed E-state index contributed by atoms with van der Waals surface area (Å²) < 4.78 is 2.06. The smallest absolute Gasteiger partial charge is 0.231 e. The molecule has 1 unspecified atom stereocenters. The summed E-state index contributed by atoms with van der Waals surface area (Å²) in [4.78, 5) is 18.5.